The number of carbonyl (C=O) groups excluding carboxylic acids is 3. The third-order valence-corrected chi connectivity index (χ3v) is 3.59. The van der Waals surface area contributed by atoms with E-state index < -0.39 is 17.8 Å². The van der Waals surface area contributed by atoms with Crippen molar-refractivity contribution in [1.29, 1.82) is 0 Å². The Labute approximate surface area is 144 Å². The SMILES string of the molecule is CC(=O)OC(=Cc1ccc(-c2ccccc2)cc1)N1C(=O)C=CC1=O. The molecule has 0 spiro atoms. The summed E-state index contributed by atoms with van der Waals surface area (Å²) < 4.78 is 5.06. The summed E-state index contributed by atoms with van der Waals surface area (Å²) in [5.74, 6) is -1.81. The minimum absolute atomic E-state index is 0.111. The van der Waals surface area contributed by atoms with Crippen molar-refractivity contribution in [3.05, 3.63) is 78.2 Å². The molecule has 1 aliphatic heterocycles. The summed E-state index contributed by atoms with van der Waals surface area (Å²) in [6.45, 7) is 1.21. The Kier molecular flexibility index (Phi) is 4.57. The lowest BCUT2D eigenvalue weighted by molar-refractivity contribution is -0.144. The highest BCUT2D eigenvalue weighted by Crippen LogP contribution is 2.22. The highest BCUT2D eigenvalue weighted by atomic mass is 16.6. The van der Waals surface area contributed by atoms with Gasteiger partial charge in [-0.25, -0.2) is 4.90 Å². The summed E-state index contributed by atoms with van der Waals surface area (Å²) in [5, 5.41) is 0. The van der Waals surface area contributed by atoms with Gasteiger partial charge < -0.3 is 4.74 Å². The molecule has 0 N–H and O–H groups in total. The summed E-state index contributed by atoms with van der Waals surface area (Å²) in [6.07, 6.45) is 3.76. The number of hydrogen-bond donors (Lipinski definition) is 0. The van der Waals surface area contributed by atoms with E-state index in [1.54, 1.807) is 0 Å². The van der Waals surface area contributed by atoms with Crippen molar-refractivity contribution in [2.24, 2.45) is 0 Å². The molecule has 2 aromatic rings. The van der Waals surface area contributed by atoms with Gasteiger partial charge in [-0.1, -0.05) is 54.6 Å². The Balaban J connectivity index is 1.91. The molecule has 0 saturated carbocycles. The highest BCUT2D eigenvalue weighted by Gasteiger charge is 2.29. The van der Waals surface area contributed by atoms with E-state index in [0.717, 1.165) is 28.2 Å². The van der Waals surface area contributed by atoms with Crippen LogP contribution in [0.25, 0.3) is 17.2 Å². The van der Waals surface area contributed by atoms with Crippen LogP contribution >= 0.6 is 0 Å². The lowest BCUT2D eigenvalue weighted by Crippen LogP contribution is -2.31. The van der Waals surface area contributed by atoms with Gasteiger partial charge in [0.2, 0.25) is 5.88 Å². The summed E-state index contributed by atoms with van der Waals surface area (Å²) in [7, 11) is 0. The van der Waals surface area contributed by atoms with Gasteiger partial charge in [0, 0.05) is 25.2 Å². The second kappa shape index (κ2) is 6.97. The third kappa shape index (κ3) is 3.72. The minimum Gasteiger partial charge on any atom is -0.409 e. The van der Waals surface area contributed by atoms with Gasteiger partial charge in [0.1, 0.15) is 0 Å². The molecule has 2 aromatic carbocycles. The smallest absolute Gasteiger partial charge is 0.309 e. The van der Waals surface area contributed by atoms with Crippen molar-refractivity contribution in [2.75, 3.05) is 0 Å². The predicted molar refractivity (Wildman–Crippen MR) is 92.6 cm³/mol. The van der Waals surface area contributed by atoms with Gasteiger partial charge in [-0.2, -0.15) is 0 Å². The molecule has 3 rings (SSSR count). The normalized spacial score (nSPS) is 14.1. The summed E-state index contributed by atoms with van der Waals surface area (Å²) in [6, 6.07) is 17.3. The standard InChI is InChI=1S/C20H15NO4/c1-14(22)25-20(21-18(23)11-12-19(21)24)13-15-7-9-17(10-8-15)16-5-3-2-4-6-16/h2-13H,1H3. The molecule has 25 heavy (non-hydrogen) atoms. The average molecular weight is 333 g/mol. The van der Waals surface area contributed by atoms with Crippen LogP contribution in [-0.4, -0.2) is 22.7 Å². The molecular formula is C20H15NO4. The molecule has 1 aliphatic rings. The first-order chi connectivity index (χ1) is 12.0. The number of carbonyl (C=O) groups is 3. The van der Waals surface area contributed by atoms with Crippen molar-refractivity contribution in [3.63, 3.8) is 0 Å². The Morgan fingerprint density at radius 2 is 1.44 bits per heavy atom. The Morgan fingerprint density at radius 1 is 0.880 bits per heavy atom. The molecular weight excluding hydrogens is 318 g/mol. The number of imide groups is 1. The summed E-state index contributed by atoms with van der Waals surface area (Å²) >= 11 is 0. The molecule has 5 nitrogen and oxygen atoms in total. The first kappa shape index (κ1) is 16.4. The zero-order valence-electron chi connectivity index (χ0n) is 13.5. The molecule has 0 aromatic heterocycles. The zero-order valence-corrected chi connectivity index (χ0v) is 13.5. The Morgan fingerprint density at radius 3 is 2.00 bits per heavy atom. The number of nitrogens with zero attached hydrogens (tertiary/aromatic N) is 1. The van der Waals surface area contributed by atoms with Crippen LogP contribution in [0.3, 0.4) is 0 Å². The van der Waals surface area contributed by atoms with E-state index in [1.165, 1.54) is 13.0 Å². The van der Waals surface area contributed by atoms with Crippen molar-refractivity contribution >= 4 is 23.9 Å². The van der Waals surface area contributed by atoms with Crippen LogP contribution in [0.5, 0.6) is 0 Å². The Hall–Kier alpha value is -3.47. The molecule has 5 heteroatoms. The van der Waals surface area contributed by atoms with Crippen molar-refractivity contribution < 1.29 is 19.1 Å². The van der Waals surface area contributed by atoms with E-state index in [9.17, 15) is 14.4 Å². The van der Waals surface area contributed by atoms with Crippen LogP contribution in [0.15, 0.2) is 72.6 Å². The molecule has 0 radical (unpaired) electrons. The molecule has 0 bridgehead atoms. The topological polar surface area (TPSA) is 63.7 Å². The van der Waals surface area contributed by atoms with Gasteiger partial charge in [0.15, 0.2) is 0 Å². The Bertz CT molecular complexity index is 862. The van der Waals surface area contributed by atoms with Crippen LogP contribution in [0.1, 0.15) is 12.5 Å². The van der Waals surface area contributed by atoms with E-state index in [2.05, 4.69) is 0 Å². The summed E-state index contributed by atoms with van der Waals surface area (Å²) in [5.41, 5.74) is 2.80. The first-order valence-corrected chi connectivity index (χ1v) is 7.66. The number of ether oxygens (including phenoxy) is 1. The second-order valence-corrected chi connectivity index (χ2v) is 5.41. The minimum atomic E-state index is -0.611. The maximum absolute atomic E-state index is 11.8. The van der Waals surface area contributed by atoms with Crippen LogP contribution < -0.4 is 0 Å². The number of rotatable bonds is 4. The van der Waals surface area contributed by atoms with Crippen LogP contribution in [-0.2, 0) is 19.1 Å². The van der Waals surface area contributed by atoms with E-state index in [1.807, 2.05) is 54.6 Å². The molecule has 0 aliphatic carbocycles. The molecule has 0 atom stereocenters. The average Bonchev–Trinajstić information content (AvgIpc) is 2.94. The number of amides is 2. The maximum Gasteiger partial charge on any atom is 0.309 e. The number of benzene rings is 2. The molecule has 2 amide bonds. The lowest BCUT2D eigenvalue weighted by atomic mass is 10.0. The van der Waals surface area contributed by atoms with Gasteiger partial charge >= 0.3 is 5.97 Å². The number of esters is 1. The molecule has 124 valence electrons. The predicted octanol–water partition coefficient (Wildman–Crippen LogP) is 3.14. The van der Waals surface area contributed by atoms with Gasteiger partial charge in [-0.15, -0.1) is 0 Å². The van der Waals surface area contributed by atoms with Gasteiger partial charge in [0.25, 0.3) is 11.8 Å². The van der Waals surface area contributed by atoms with E-state index in [-0.39, 0.29) is 5.88 Å². The van der Waals surface area contributed by atoms with Gasteiger partial charge in [-0.3, -0.25) is 14.4 Å². The number of hydrogen-bond acceptors (Lipinski definition) is 4. The van der Waals surface area contributed by atoms with Crippen LogP contribution in [0.4, 0.5) is 0 Å². The molecule has 1 heterocycles. The van der Waals surface area contributed by atoms with Gasteiger partial charge in [-0.05, 0) is 16.7 Å². The third-order valence-electron chi connectivity index (χ3n) is 3.59. The van der Waals surface area contributed by atoms with E-state index in [4.69, 9.17) is 4.74 Å². The van der Waals surface area contributed by atoms with Crippen molar-refractivity contribution in [3.8, 4) is 11.1 Å². The fourth-order valence-corrected chi connectivity index (χ4v) is 2.45. The fourth-order valence-electron chi connectivity index (χ4n) is 2.45. The molecule has 0 saturated heterocycles. The second-order valence-electron chi connectivity index (χ2n) is 5.41. The fraction of sp³-hybridized carbons (Fsp3) is 0.0500. The van der Waals surface area contributed by atoms with Crippen molar-refractivity contribution in [1.82, 2.24) is 4.90 Å². The first-order valence-electron chi connectivity index (χ1n) is 7.66. The van der Waals surface area contributed by atoms with Gasteiger partial charge in [0.05, 0.1) is 0 Å². The quantitative estimate of drug-likeness (QED) is 0.490. The summed E-state index contributed by atoms with van der Waals surface area (Å²) in [4.78, 5) is 35.8. The zero-order chi connectivity index (χ0) is 17.8. The monoisotopic (exact) mass is 333 g/mol. The largest absolute Gasteiger partial charge is 0.409 e. The van der Waals surface area contributed by atoms with Crippen LogP contribution in [0, 0.1) is 0 Å². The highest BCUT2D eigenvalue weighted by molar-refractivity contribution is 6.14. The van der Waals surface area contributed by atoms with Crippen LogP contribution in [0.2, 0.25) is 0 Å². The van der Waals surface area contributed by atoms with E-state index in [0.29, 0.717) is 5.56 Å². The lowest BCUT2D eigenvalue weighted by Gasteiger charge is -2.16. The molecule has 0 unspecified atom stereocenters. The molecule has 0 fully saturated rings. The maximum atomic E-state index is 11.8. The van der Waals surface area contributed by atoms with E-state index >= 15 is 0 Å². The van der Waals surface area contributed by atoms with Crippen molar-refractivity contribution in [2.45, 2.75) is 6.92 Å².